The van der Waals surface area contributed by atoms with Gasteiger partial charge in [-0.3, -0.25) is 0 Å². The fraction of sp³-hybridized carbons (Fsp3) is 0.700. The van der Waals surface area contributed by atoms with Crippen LogP contribution in [0.3, 0.4) is 0 Å². The molecule has 0 aromatic heterocycles. The summed E-state index contributed by atoms with van der Waals surface area (Å²) in [5, 5.41) is 0. The SMILES string of the molecule is CC=C1CC2CC(C=O)[C@H]1C2. The number of aldehydes is 1. The quantitative estimate of drug-likeness (QED) is 0.413. The summed E-state index contributed by atoms with van der Waals surface area (Å²) in [5.74, 6) is 1.82. The van der Waals surface area contributed by atoms with Gasteiger partial charge in [0.25, 0.3) is 0 Å². The van der Waals surface area contributed by atoms with Crippen LogP contribution >= 0.6 is 0 Å². The molecule has 0 heterocycles. The predicted molar refractivity (Wildman–Crippen MR) is 44.1 cm³/mol. The topological polar surface area (TPSA) is 17.1 Å². The summed E-state index contributed by atoms with van der Waals surface area (Å²) >= 11 is 0. The van der Waals surface area contributed by atoms with Crippen LogP contribution in [0.15, 0.2) is 11.6 Å². The van der Waals surface area contributed by atoms with Gasteiger partial charge < -0.3 is 4.79 Å². The molecule has 2 bridgehead atoms. The largest absolute Gasteiger partial charge is 0.303 e. The molecule has 1 nitrogen and oxygen atoms in total. The normalized spacial score (nSPS) is 45.2. The Balaban J connectivity index is 2.20. The van der Waals surface area contributed by atoms with E-state index in [1.807, 2.05) is 0 Å². The van der Waals surface area contributed by atoms with E-state index in [9.17, 15) is 4.79 Å². The van der Waals surface area contributed by atoms with Crippen molar-refractivity contribution < 1.29 is 4.79 Å². The minimum Gasteiger partial charge on any atom is -0.303 e. The lowest BCUT2D eigenvalue weighted by Crippen LogP contribution is -2.13. The zero-order chi connectivity index (χ0) is 7.84. The second-order valence-corrected chi connectivity index (χ2v) is 3.81. The molecule has 0 aromatic rings. The summed E-state index contributed by atoms with van der Waals surface area (Å²) < 4.78 is 0. The van der Waals surface area contributed by atoms with Gasteiger partial charge in [0.1, 0.15) is 6.29 Å². The van der Waals surface area contributed by atoms with E-state index in [1.54, 1.807) is 5.57 Å². The van der Waals surface area contributed by atoms with Crippen molar-refractivity contribution >= 4 is 6.29 Å². The van der Waals surface area contributed by atoms with Crippen molar-refractivity contribution in [2.24, 2.45) is 17.8 Å². The molecule has 0 amide bonds. The number of fused-ring (bicyclic) bond motifs is 2. The minimum absolute atomic E-state index is 0.361. The van der Waals surface area contributed by atoms with E-state index in [1.165, 1.54) is 12.8 Å². The summed E-state index contributed by atoms with van der Waals surface area (Å²) in [4.78, 5) is 10.6. The Hall–Kier alpha value is -0.590. The highest BCUT2D eigenvalue weighted by Gasteiger charge is 2.41. The summed E-state index contributed by atoms with van der Waals surface area (Å²) in [6, 6.07) is 0. The number of carbonyl (C=O) groups is 1. The monoisotopic (exact) mass is 150 g/mol. The number of rotatable bonds is 1. The molecule has 60 valence electrons. The fourth-order valence-corrected chi connectivity index (χ4v) is 2.74. The van der Waals surface area contributed by atoms with Crippen molar-refractivity contribution in [2.45, 2.75) is 26.2 Å². The van der Waals surface area contributed by atoms with Gasteiger partial charge in [-0.05, 0) is 38.0 Å². The van der Waals surface area contributed by atoms with Gasteiger partial charge in [0, 0.05) is 5.92 Å². The average Bonchev–Trinajstić information content (AvgIpc) is 2.60. The van der Waals surface area contributed by atoms with Gasteiger partial charge >= 0.3 is 0 Å². The molecule has 0 spiro atoms. The minimum atomic E-state index is 0.361. The molecule has 0 aliphatic heterocycles. The molecule has 2 unspecified atom stereocenters. The molecule has 0 N–H and O–H groups in total. The van der Waals surface area contributed by atoms with E-state index >= 15 is 0 Å². The van der Waals surface area contributed by atoms with E-state index in [4.69, 9.17) is 0 Å². The first kappa shape index (κ1) is 7.08. The van der Waals surface area contributed by atoms with E-state index in [2.05, 4.69) is 13.0 Å². The first-order valence-corrected chi connectivity index (χ1v) is 4.45. The molecule has 0 aromatic carbocycles. The highest BCUT2D eigenvalue weighted by atomic mass is 16.1. The Kier molecular flexibility index (Phi) is 1.59. The number of hydrogen-bond acceptors (Lipinski definition) is 1. The Labute approximate surface area is 67.5 Å². The van der Waals surface area contributed by atoms with Gasteiger partial charge in [0.2, 0.25) is 0 Å². The zero-order valence-corrected chi connectivity index (χ0v) is 6.92. The Bertz CT molecular complexity index is 205. The summed E-state index contributed by atoms with van der Waals surface area (Å²) in [7, 11) is 0. The third kappa shape index (κ3) is 0.943. The van der Waals surface area contributed by atoms with E-state index in [0.29, 0.717) is 11.8 Å². The van der Waals surface area contributed by atoms with Crippen molar-refractivity contribution in [3.8, 4) is 0 Å². The van der Waals surface area contributed by atoms with Gasteiger partial charge in [-0.1, -0.05) is 11.6 Å². The standard InChI is InChI=1S/C10H14O/c1-2-8-3-7-4-9(6-11)10(8)5-7/h2,6-7,9-10H,3-5H2,1H3/t7?,9?,10-/m0/s1. The van der Waals surface area contributed by atoms with Crippen LogP contribution in [0.2, 0.25) is 0 Å². The molecule has 2 fully saturated rings. The predicted octanol–water partition coefficient (Wildman–Crippen LogP) is 2.18. The van der Waals surface area contributed by atoms with Crippen LogP contribution < -0.4 is 0 Å². The Morgan fingerprint density at radius 3 is 2.82 bits per heavy atom. The molecule has 2 aliphatic carbocycles. The van der Waals surface area contributed by atoms with Crippen LogP contribution in [-0.2, 0) is 4.79 Å². The second kappa shape index (κ2) is 2.47. The van der Waals surface area contributed by atoms with E-state index < -0.39 is 0 Å². The maximum absolute atomic E-state index is 10.6. The molecule has 11 heavy (non-hydrogen) atoms. The van der Waals surface area contributed by atoms with Crippen molar-refractivity contribution in [1.82, 2.24) is 0 Å². The van der Waals surface area contributed by atoms with Crippen molar-refractivity contribution in [3.63, 3.8) is 0 Å². The molecule has 0 radical (unpaired) electrons. The van der Waals surface area contributed by atoms with E-state index in [0.717, 1.165) is 18.6 Å². The molecular formula is C10H14O. The number of carbonyl (C=O) groups excluding carboxylic acids is 1. The van der Waals surface area contributed by atoms with Gasteiger partial charge in [-0.2, -0.15) is 0 Å². The summed E-state index contributed by atoms with van der Waals surface area (Å²) in [6.45, 7) is 2.10. The molecule has 2 aliphatic rings. The maximum atomic E-state index is 10.6. The lowest BCUT2D eigenvalue weighted by atomic mass is 9.86. The van der Waals surface area contributed by atoms with Gasteiger partial charge in [0.15, 0.2) is 0 Å². The molecule has 1 heteroatoms. The van der Waals surface area contributed by atoms with Crippen LogP contribution in [0, 0.1) is 17.8 Å². The van der Waals surface area contributed by atoms with Crippen LogP contribution in [0.1, 0.15) is 26.2 Å². The highest BCUT2D eigenvalue weighted by molar-refractivity contribution is 5.57. The second-order valence-electron chi connectivity index (χ2n) is 3.81. The molecule has 2 saturated carbocycles. The third-order valence-electron chi connectivity index (χ3n) is 3.26. The molecule has 0 saturated heterocycles. The molecular weight excluding hydrogens is 136 g/mol. The Morgan fingerprint density at radius 1 is 1.45 bits per heavy atom. The lowest BCUT2D eigenvalue weighted by molar-refractivity contribution is -0.111. The smallest absolute Gasteiger partial charge is 0.123 e. The van der Waals surface area contributed by atoms with Gasteiger partial charge in [-0.25, -0.2) is 0 Å². The number of hydrogen-bond donors (Lipinski definition) is 0. The first-order chi connectivity index (χ1) is 5.35. The molecule has 2 rings (SSSR count). The van der Waals surface area contributed by atoms with Crippen molar-refractivity contribution in [2.75, 3.05) is 0 Å². The first-order valence-electron chi connectivity index (χ1n) is 4.45. The number of allylic oxidation sites excluding steroid dienone is 2. The van der Waals surface area contributed by atoms with Crippen molar-refractivity contribution in [1.29, 1.82) is 0 Å². The fourth-order valence-electron chi connectivity index (χ4n) is 2.74. The Morgan fingerprint density at radius 2 is 2.27 bits per heavy atom. The average molecular weight is 150 g/mol. The van der Waals surface area contributed by atoms with Crippen molar-refractivity contribution in [3.05, 3.63) is 11.6 Å². The van der Waals surface area contributed by atoms with Crippen LogP contribution in [-0.4, -0.2) is 6.29 Å². The molecule has 3 atom stereocenters. The van der Waals surface area contributed by atoms with Crippen LogP contribution in [0.5, 0.6) is 0 Å². The summed E-state index contributed by atoms with van der Waals surface area (Å²) in [5.41, 5.74) is 1.54. The van der Waals surface area contributed by atoms with Crippen LogP contribution in [0.25, 0.3) is 0 Å². The summed E-state index contributed by atoms with van der Waals surface area (Å²) in [6.07, 6.45) is 7.08. The lowest BCUT2D eigenvalue weighted by Gasteiger charge is -2.18. The third-order valence-corrected chi connectivity index (χ3v) is 3.26. The van der Waals surface area contributed by atoms with Crippen LogP contribution in [0.4, 0.5) is 0 Å². The van der Waals surface area contributed by atoms with Gasteiger partial charge in [-0.15, -0.1) is 0 Å². The zero-order valence-electron chi connectivity index (χ0n) is 6.92. The maximum Gasteiger partial charge on any atom is 0.123 e. The van der Waals surface area contributed by atoms with E-state index in [-0.39, 0.29) is 0 Å². The van der Waals surface area contributed by atoms with Gasteiger partial charge in [0.05, 0.1) is 0 Å². The highest BCUT2D eigenvalue weighted by Crippen LogP contribution is 2.50.